The van der Waals surface area contributed by atoms with Crippen LogP contribution in [0.2, 0.25) is 0 Å². The fourth-order valence-electron chi connectivity index (χ4n) is 5.93. The topological polar surface area (TPSA) is 91.4 Å². The molecule has 0 aliphatic rings. The Morgan fingerprint density at radius 1 is 0.585 bits per heavy atom. The highest BCUT2D eigenvalue weighted by Gasteiger charge is 2.16. The molecule has 41 heavy (non-hydrogen) atoms. The monoisotopic (exact) mass is 534 g/mol. The molecule has 3 heterocycles. The number of rotatable bonds is 2. The molecule has 0 saturated carbocycles. The van der Waals surface area contributed by atoms with Gasteiger partial charge >= 0.3 is 11.3 Å². The molecule has 8 aromatic rings. The predicted octanol–water partition coefficient (Wildman–Crippen LogP) is 7.61. The number of hydrogen-bond donors (Lipinski definition) is 1. The summed E-state index contributed by atoms with van der Waals surface area (Å²) in [5.41, 5.74) is 11.1. The molecule has 0 atom stereocenters. The maximum Gasteiger partial charge on any atom is 0.344 e. The number of anilines is 1. The van der Waals surface area contributed by atoms with Gasteiger partial charge in [-0.3, -0.25) is 0 Å². The zero-order valence-corrected chi connectivity index (χ0v) is 22.0. The van der Waals surface area contributed by atoms with Gasteiger partial charge in [0.05, 0.1) is 11.1 Å². The Bertz CT molecular complexity index is 2500. The van der Waals surface area contributed by atoms with Gasteiger partial charge in [0.15, 0.2) is 0 Å². The zero-order valence-electron chi connectivity index (χ0n) is 22.0. The van der Waals surface area contributed by atoms with E-state index < -0.39 is 5.63 Å². The average molecular weight is 535 g/mol. The molecular formula is C35H22N2O4. The summed E-state index contributed by atoms with van der Waals surface area (Å²) < 4.78 is 13.6. The van der Waals surface area contributed by atoms with Crippen molar-refractivity contribution < 1.29 is 8.83 Å². The van der Waals surface area contributed by atoms with Crippen molar-refractivity contribution in [2.24, 2.45) is 7.05 Å². The number of aromatic nitrogens is 1. The lowest BCUT2D eigenvalue weighted by molar-refractivity contribution is 0.563. The fraction of sp³-hybridized carbons (Fsp3) is 0.0286. The Balaban J connectivity index is 1.32. The van der Waals surface area contributed by atoms with Crippen molar-refractivity contribution >= 4 is 60.2 Å². The third-order valence-corrected chi connectivity index (χ3v) is 8.01. The van der Waals surface area contributed by atoms with Gasteiger partial charge in [0, 0.05) is 56.8 Å². The van der Waals surface area contributed by atoms with Gasteiger partial charge in [0.2, 0.25) is 0 Å². The Morgan fingerprint density at radius 2 is 1.20 bits per heavy atom. The first-order valence-electron chi connectivity index (χ1n) is 13.3. The first kappa shape index (κ1) is 23.3. The molecule has 8 rings (SSSR count). The summed E-state index contributed by atoms with van der Waals surface area (Å²) in [6.45, 7) is 0. The normalized spacial score (nSPS) is 11.8. The number of nitrogens with two attached hydrogens (primary N) is 1. The third kappa shape index (κ3) is 3.51. The van der Waals surface area contributed by atoms with Crippen molar-refractivity contribution in [3.05, 3.63) is 124 Å². The van der Waals surface area contributed by atoms with E-state index >= 15 is 0 Å². The molecule has 6 nitrogen and oxygen atoms in total. The highest BCUT2D eigenvalue weighted by Crippen LogP contribution is 2.35. The van der Waals surface area contributed by atoms with Crippen LogP contribution >= 0.6 is 0 Å². The number of nitrogens with zero attached hydrogens (tertiary/aromatic N) is 1. The molecule has 196 valence electrons. The average Bonchev–Trinajstić information content (AvgIpc) is 3.26. The molecule has 0 aliphatic heterocycles. The summed E-state index contributed by atoms with van der Waals surface area (Å²) in [5.74, 6) is 0. The van der Waals surface area contributed by atoms with E-state index in [1.165, 1.54) is 0 Å². The third-order valence-electron chi connectivity index (χ3n) is 8.01. The molecule has 0 unspecified atom stereocenters. The molecule has 0 fully saturated rings. The van der Waals surface area contributed by atoms with Crippen LogP contribution in [0.5, 0.6) is 0 Å². The zero-order chi connectivity index (χ0) is 27.8. The van der Waals surface area contributed by atoms with Crippen LogP contribution in [0, 0.1) is 0 Å². The van der Waals surface area contributed by atoms with Crippen molar-refractivity contribution in [1.29, 1.82) is 0 Å². The molecule has 2 N–H and O–H groups in total. The molecule has 0 radical (unpaired) electrons. The van der Waals surface area contributed by atoms with Gasteiger partial charge in [-0.25, -0.2) is 9.59 Å². The van der Waals surface area contributed by atoms with E-state index in [4.69, 9.17) is 14.6 Å². The predicted molar refractivity (Wildman–Crippen MR) is 165 cm³/mol. The molecule has 0 amide bonds. The second-order valence-electron chi connectivity index (χ2n) is 10.4. The highest BCUT2D eigenvalue weighted by atomic mass is 16.4. The van der Waals surface area contributed by atoms with E-state index in [1.54, 1.807) is 12.1 Å². The number of nitrogen functional groups attached to an aromatic ring is 1. The number of hydrogen-bond acceptors (Lipinski definition) is 5. The van der Waals surface area contributed by atoms with Crippen molar-refractivity contribution in [2.75, 3.05) is 5.73 Å². The van der Waals surface area contributed by atoms with Gasteiger partial charge in [0.25, 0.3) is 0 Å². The summed E-state index contributed by atoms with van der Waals surface area (Å²) in [6.07, 6.45) is 0. The van der Waals surface area contributed by atoms with Gasteiger partial charge in [0.1, 0.15) is 11.2 Å². The van der Waals surface area contributed by atoms with Crippen LogP contribution in [-0.2, 0) is 7.05 Å². The smallest absolute Gasteiger partial charge is 0.344 e. The molecule has 0 aliphatic carbocycles. The maximum absolute atomic E-state index is 13.3. The summed E-state index contributed by atoms with van der Waals surface area (Å²) in [6, 6.07) is 32.8. The summed E-state index contributed by atoms with van der Waals surface area (Å²) in [7, 11) is 2.01. The molecular weight excluding hydrogens is 512 g/mol. The SMILES string of the molecule is Cn1c2ccc(-c3cc4ccc(N)cc4oc3=O)cc2c2cc(-c3cc4ccc5ccccc5c4oc3=O)ccc21. The second kappa shape index (κ2) is 8.44. The molecule has 0 spiro atoms. The Labute approximate surface area is 232 Å². The van der Waals surface area contributed by atoms with Gasteiger partial charge in [-0.05, 0) is 65.0 Å². The molecule has 0 bridgehead atoms. The summed E-state index contributed by atoms with van der Waals surface area (Å²) in [5, 5.41) is 5.53. The second-order valence-corrected chi connectivity index (χ2v) is 10.4. The summed E-state index contributed by atoms with van der Waals surface area (Å²) >= 11 is 0. The van der Waals surface area contributed by atoms with Crippen LogP contribution in [-0.4, -0.2) is 4.57 Å². The first-order valence-corrected chi connectivity index (χ1v) is 13.3. The highest BCUT2D eigenvalue weighted by molar-refractivity contribution is 6.11. The molecule has 0 saturated heterocycles. The van der Waals surface area contributed by atoms with E-state index in [1.807, 2.05) is 98.0 Å². The van der Waals surface area contributed by atoms with Crippen molar-refractivity contribution in [3.8, 4) is 22.3 Å². The Morgan fingerprint density at radius 3 is 1.93 bits per heavy atom. The van der Waals surface area contributed by atoms with Crippen LogP contribution in [0.1, 0.15) is 0 Å². The minimum atomic E-state index is -0.426. The quantitative estimate of drug-likeness (QED) is 0.140. The minimum absolute atomic E-state index is 0.386. The fourth-order valence-corrected chi connectivity index (χ4v) is 5.93. The van der Waals surface area contributed by atoms with Crippen LogP contribution < -0.4 is 17.0 Å². The van der Waals surface area contributed by atoms with Gasteiger partial charge in [-0.1, -0.05) is 48.5 Å². The summed E-state index contributed by atoms with van der Waals surface area (Å²) in [4.78, 5) is 26.2. The van der Waals surface area contributed by atoms with E-state index in [2.05, 4.69) is 4.57 Å². The molecule has 3 aromatic heterocycles. The van der Waals surface area contributed by atoms with Crippen molar-refractivity contribution in [1.82, 2.24) is 4.57 Å². The van der Waals surface area contributed by atoms with Gasteiger partial charge in [-0.15, -0.1) is 0 Å². The van der Waals surface area contributed by atoms with Crippen LogP contribution in [0.25, 0.3) is 76.8 Å². The Kier molecular flexibility index (Phi) is 4.79. The number of fused-ring (bicyclic) bond motifs is 7. The van der Waals surface area contributed by atoms with E-state index in [9.17, 15) is 9.59 Å². The lowest BCUT2D eigenvalue weighted by Gasteiger charge is -2.06. The number of benzene rings is 5. The Hall–Kier alpha value is -5.62. The van der Waals surface area contributed by atoms with Gasteiger partial charge in [-0.2, -0.15) is 0 Å². The van der Waals surface area contributed by atoms with Crippen LogP contribution in [0.3, 0.4) is 0 Å². The number of aryl methyl sites for hydroxylation is 1. The molecule has 5 aromatic carbocycles. The van der Waals surface area contributed by atoms with Crippen molar-refractivity contribution in [3.63, 3.8) is 0 Å². The first-order chi connectivity index (χ1) is 19.9. The maximum atomic E-state index is 13.3. The lowest BCUT2D eigenvalue weighted by atomic mass is 10.00. The van der Waals surface area contributed by atoms with E-state index in [0.717, 1.165) is 54.5 Å². The largest absolute Gasteiger partial charge is 0.422 e. The van der Waals surface area contributed by atoms with E-state index in [-0.39, 0.29) is 5.63 Å². The van der Waals surface area contributed by atoms with Crippen LogP contribution in [0.4, 0.5) is 5.69 Å². The van der Waals surface area contributed by atoms with E-state index in [0.29, 0.717) is 28.0 Å². The minimum Gasteiger partial charge on any atom is -0.422 e. The standard InChI is InChI=1S/C35H22N2O4/c1-37-30-12-9-20(26-16-22-8-11-24(36)18-32(22)40-34(26)38)14-28(30)29-15-21(10-13-31(29)37)27-17-23-7-6-19-4-2-3-5-25(19)33(23)41-35(27)39/h2-18H,36H2,1H3. The van der Waals surface area contributed by atoms with Gasteiger partial charge < -0.3 is 19.1 Å². The lowest BCUT2D eigenvalue weighted by Crippen LogP contribution is -2.03. The van der Waals surface area contributed by atoms with Crippen LogP contribution in [0.15, 0.2) is 122 Å². The molecule has 6 heteroatoms. The van der Waals surface area contributed by atoms with Crippen molar-refractivity contribution in [2.45, 2.75) is 0 Å².